The van der Waals surface area contributed by atoms with Crippen molar-refractivity contribution in [2.75, 3.05) is 0 Å². The molecule has 0 radical (unpaired) electrons. The third-order valence-electron chi connectivity index (χ3n) is 10.4. The second-order valence-corrected chi connectivity index (χ2v) is 13.1. The number of fused-ring (bicyclic) bond motifs is 9. The molecule has 6 aromatic carbocycles. The minimum absolute atomic E-state index is 0.863. The van der Waals surface area contributed by atoms with E-state index in [9.17, 15) is 0 Å². The van der Waals surface area contributed by atoms with E-state index in [1.807, 2.05) is 18.3 Å². The van der Waals surface area contributed by atoms with Crippen LogP contribution in [0.2, 0.25) is 0 Å². The summed E-state index contributed by atoms with van der Waals surface area (Å²) >= 11 is 0. The molecule has 2 aliphatic carbocycles. The van der Waals surface area contributed by atoms with Crippen molar-refractivity contribution in [1.82, 2.24) is 9.97 Å². The van der Waals surface area contributed by atoms with Crippen LogP contribution in [-0.2, 0) is 12.8 Å². The summed E-state index contributed by atoms with van der Waals surface area (Å²) < 4.78 is 6.49. The van der Waals surface area contributed by atoms with Gasteiger partial charge in [-0.05, 0) is 82.9 Å². The van der Waals surface area contributed by atoms with Gasteiger partial charge in [0.2, 0.25) is 0 Å². The van der Waals surface area contributed by atoms with Crippen LogP contribution >= 0.6 is 0 Å². The Labute approximate surface area is 284 Å². The van der Waals surface area contributed by atoms with E-state index in [4.69, 9.17) is 14.4 Å². The van der Waals surface area contributed by atoms with Gasteiger partial charge in [0, 0.05) is 33.0 Å². The second kappa shape index (κ2) is 11.3. The van der Waals surface area contributed by atoms with Gasteiger partial charge in [-0.2, -0.15) is 0 Å². The van der Waals surface area contributed by atoms with Crippen molar-refractivity contribution in [3.05, 3.63) is 167 Å². The maximum atomic E-state index is 6.49. The molecule has 0 atom stereocenters. The molecule has 0 fully saturated rings. The molecule has 10 rings (SSSR count). The number of benzene rings is 6. The van der Waals surface area contributed by atoms with E-state index >= 15 is 0 Å². The summed E-state index contributed by atoms with van der Waals surface area (Å²) in [5.74, 6) is 0. The Hall–Kier alpha value is -6.06. The lowest BCUT2D eigenvalue weighted by molar-refractivity contribution is 0.670. The normalized spacial score (nSPS) is 14.0. The number of hydrogen-bond acceptors (Lipinski definition) is 3. The quantitative estimate of drug-likeness (QED) is 0.195. The molecule has 3 heteroatoms. The van der Waals surface area contributed by atoms with Gasteiger partial charge in [0.05, 0.1) is 22.9 Å². The summed E-state index contributed by atoms with van der Waals surface area (Å²) in [6, 6.07) is 44.8. The SMILES string of the molecule is C1=C(c2ccccc2)CCc2c3c(c4nc(-c5ccccc5-c5cccc6c5oc5ccccc56)cnc4c21)C=C(c1ccccc1)CC3. The smallest absolute Gasteiger partial charge is 0.143 e. The van der Waals surface area contributed by atoms with Crippen LogP contribution in [0.15, 0.2) is 138 Å². The number of para-hydroxylation sites is 2. The number of hydrogen-bond donors (Lipinski definition) is 0. The van der Waals surface area contributed by atoms with Gasteiger partial charge in [0.15, 0.2) is 0 Å². The number of furan rings is 1. The average Bonchev–Trinajstić information content (AvgIpc) is 3.57. The molecule has 0 unspecified atom stereocenters. The van der Waals surface area contributed by atoms with Crippen molar-refractivity contribution in [3.8, 4) is 22.4 Å². The monoisotopic (exact) mass is 628 g/mol. The molecule has 0 aliphatic heterocycles. The molecule has 0 N–H and O–H groups in total. The molecule has 8 aromatic rings. The highest BCUT2D eigenvalue weighted by Gasteiger charge is 2.26. The largest absolute Gasteiger partial charge is 0.455 e. The minimum Gasteiger partial charge on any atom is -0.455 e. The first-order valence-corrected chi connectivity index (χ1v) is 17.2. The van der Waals surface area contributed by atoms with Gasteiger partial charge in [0.25, 0.3) is 0 Å². The van der Waals surface area contributed by atoms with Crippen LogP contribution in [0, 0.1) is 0 Å². The zero-order valence-electron chi connectivity index (χ0n) is 27.0. The van der Waals surface area contributed by atoms with Gasteiger partial charge < -0.3 is 4.42 Å². The van der Waals surface area contributed by atoms with E-state index in [-0.39, 0.29) is 0 Å². The first kappa shape index (κ1) is 28.0. The fourth-order valence-electron chi connectivity index (χ4n) is 8.07. The highest BCUT2D eigenvalue weighted by Crippen LogP contribution is 2.44. The topological polar surface area (TPSA) is 38.9 Å². The van der Waals surface area contributed by atoms with Crippen molar-refractivity contribution < 1.29 is 4.42 Å². The Morgan fingerprint density at radius 3 is 1.76 bits per heavy atom. The predicted octanol–water partition coefficient (Wildman–Crippen LogP) is 11.8. The van der Waals surface area contributed by atoms with Crippen molar-refractivity contribution in [1.29, 1.82) is 0 Å². The van der Waals surface area contributed by atoms with E-state index in [0.717, 1.165) is 81.0 Å². The van der Waals surface area contributed by atoms with Crippen LogP contribution in [0.5, 0.6) is 0 Å². The average molecular weight is 629 g/mol. The van der Waals surface area contributed by atoms with E-state index in [1.165, 1.54) is 44.5 Å². The first-order chi connectivity index (χ1) is 24.3. The summed E-state index contributed by atoms with van der Waals surface area (Å²) in [5, 5.41) is 2.25. The Morgan fingerprint density at radius 1 is 0.469 bits per heavy atom. The fraction of sp³-hybridized carbons (Fsp3) is 0.0870. The molecule has 0 spiro atoms. The van der Waals surface area contributed by atoms with Crippen molar-refractivity contribution in [3.63, 3.8) is 0 Å². The Kier molecular flexibility index (Phi) is 6.45. The summed E-state index contributed by atoms with van der Waals surface area (Å²) in [7, 11) is 0. The molecule has 0 saturated carbocycles. The number of nitrogens with zero attached hydrogens (tertiary/aromatic N) is 2. The van der Waals surface area contributed by atoms with Crippen LogP contribution in [0.1, 0.15) is 46.2 Å². The zero-order valence-corrected chi connectivity index (χ0v) is 27.0. The van der Waals surface area contributed by atoms with E-state index in [1.54, 1.807) is 0 Å². The van der Waals surface area contributed by atoms with Crippen molar-refractivity contribution >= 4 is 56.3 Å². The Morgan fingerprint density at radius 2 is 1.04 bits per heavy atom. The summed E-state index contributed by atoms with van der Waals surface area (Å²) in [5.41, 5.74) is 18.4. The molecular formula is C46H32N2O. The predicted molar refractivity (Wildman–Crippen MR) is 203 cm³/mol. The van der Waals surface area contributed by atoms with Gasteiger partial charge in [-0.25, -0.2) is 4.98 Å². The fourth-order valence-corrected chi connectivity index (χ4v) is 8.07. The minimum atomic E-state index is 0.863. The highest BCUT2D eigenvalue weighted by molar-refractivity contribution is 6.11. The van der Waals surface area contributed by atoms with Gasteiger partial charge >= 0.3 is 0 Å². The first-order valence-electron chi connectivity index (χ1n) is 17.2. The van der Waals surface area contributed by atoms with E-state index in [0.29, 0.717) is 0 Å². The molecule has 0 amide bonds. The van der Waals surface area contributed by atoms with Crippen molar-refractivity contribution in [2.45, 2.75) is 25.7 Å². The molecule has 3 nitrogen and oxygen atoms in total. The molecule has 49 heavy (non-hydrogen) atoms. The Balaban J connectivity index is 1.21. The lowest BCUT2D eigenvalue weighted by atomic mass is 9.78. The second-order valence-electron chi connectivity index (χ2n) is 13.1. The molecular weight excluding hydrogens is 597 g/mol. The third kappa shape index (κ3) is 4.57. The molecule has 0 saturated heterocycles. The number of allylic oxidation sites excluding steroid dienone is 2. The van der Waals surface area contributed by atoms with Crippen LogP contribution < -0.4 is 0 Å². The lowest BCUT2D eigenvalue weighted by Crippen LogP contribution is -2.11. The number of rotatable bonds is 4. The van der Waals surface area contributed by atoms with Crippen LogP contribution in [-0.4, -0.2) is 9.97 Å². The summed E-state index contributed by atoms with van der Waals surface area (Å²) in [4.78, 5) is 10.8. The van der Waals surface area contributed by atoms with Crippen molar-refractivity contribution in [2.24, 2.45) is 0 Å². The zero-order chi connectivity index (χ0) is 32.3. The maximum absolute atomic E-state index is 6.49. The molecule has 2 aromatic heterocycles. The van der Waals surface area contributed by atoms with E-state index in [2.05, 4.69) is 127 Å². The van der Waals surface area contributed by atoms with Gasteiger partial charge in [-0.15, -0.1) is 0 Å². The van der Waals surface area contributed by atoms with Crippen LogP contribution in [0.3, 0.4) is 0 Å². The van der Waals surface area contributed by atoms with Gasteiger partial charge in [-0.1, -0.05) is 121 Å². The van der Waals surface area contributed by atoms with Gasteiger partial charge in [0.1, 0.15) is 11.2 Å². The summed E-state index contributed by atoms with van der Waals surface area (Å²) in [6.45, 7) is 0. The standard InChI is InChI=1S/C46H32N2O/c1-3-12-29(13-4-1)31-22-24-34-35-25-23-32(30-14-5-2-6-15-30)27-41(35)45-44(40(34)26-31)47-28-42(48-45)36-17-8-7-16-33(36)38-19-11-20-39-37-18-9-10-21-43(37)49-46(38)39/h1-21,26-28H,22-25H2. The molecule has 2 heterocycles. The highest BCUT2D eigenvalue weighted by atomic mass is 16.3. The Bertz CT molecular complexity index is 2640. The molecule has 2 aliphatic rings. The molecule has 0 bridgehead atoms. The molecule has 232 valence electrons. The van der Waals surface area contributed by atoms with Gasteiger partial charge in [-0.3, -0.25) is 4.98 Å². The maximum Gasteiger partial charge on any atom is 0.143 e. The third-order valence-corrected chi connectivity index (χ3v) is 10.4. The number of aromatic nitrogens is 2. The van der Waals surface area contributed by atoms with E-state index < -0.39 is 0 Å². The lowest BCUT2D eigenvalue weighted by Gasteiger charge is -2.27. The van der Waals surface area contributed by atoms with Crippen LogP contribution in [0.4, 0.5) is 0 Å². The van der Waals surface area contributed by atoms with Crippen LogP contribution in [0.25, 0.3) is 78.7 Å². The summed E-state index contributed by atoms with van der Waals surface area (Å²) in [6.07, 6.45) is 10.8.